The van der Waals surface area contributed by atoms with Crippen molar-refractivity contribution in [3.05, 3.63) is 23.4 Å². The molecule has 1 saturated heterocycles. The lowest BCUT2D eigenvalue weighted by Gasteiger charge is -2.33. The monoisotopic (exact) mass is 282 g/mol. The number of morpholine rings is 1. The van der Waals surface area contributed by atoms with Gasteiger partial charge in [-0.25, -0.2) is 4.98 Å². The van der Waals surface area contributed by atoms with Gasteiger partial charge in [-0.1, -0.05) is 20.3 Å². The highest BCUT2D eigenvalue weighted by Crippen LogP contribution is 2.20. The van der Waals surface area contributed by atoms with Crippen LogP contribution < -0.4 is 4.90 Å². The van der Waals surface area contributed by atoms with Crippen molar-refractivity contribution in [2.75, 3.05) is 24.6 Å². The number of nitrogens with zero attached hydrogens (tertiary/aromatic N) is 2. The highest BCUT2D eigenvalue weighted by Gasteiger charge is 2.20. The normalized spacial score (nSPS) is 19.7. The van der Waals surface area contributed by atoms with Crippen LogP contribution in [0.15, 0.2) is 12.1 Å². The summed E-state index contributed by atoms with van der Waals surface area (Å²) in [7, 11) is 0. The predicted molar refractivity (Wildman–Crippen MR) is 80.0 cm³/mol. The van der Waals surface area contributed by atoms with Gasteiger partial charge in [0.05, 0.1) is 12.7 Å². The van der Waals surface area contributed by atoms with Crippen LogP contribution >= 0.6 is 11.6 Å². The Morgan fingerprint density at radius 2 is 2.26 bits per heavy atom. The Morgan fingerprint density at radius 3 is 2.95 bits per heavy atom. The number of hydrogen-bond acceptors (Lipinski definition) is 3. The van der Waals surface area contributed by atoms with Crippen molar-refractivity contribution >= 4 is 17.4 Å². The van der Waals surface area contributed by atoms with Gasteiger partial charge in [-0.15, -0.1) is 11.6 Å². The van der Waals surface area contributed by atoms with E-state index in [0.717, 1.165) is 56.0 Å². The molecule has 19 heavy (non-hydrogen) atoms. The van der Waals surface area contributed by atoms with Crippen LogP contribution in [0.2, 0.25) is 0 Å². The van der Waals surface area contributed by atoms with Crippen molar-refractivity contribution in [1.29, 1.82) is 0 Å². The third-order valence-electron chi connectivity index (χ3n) is 3.50. The smallest absolute Gasteiger partial charge is 0.129 e. The fraction of sp³-hybridized carbons (Fsp3) is 0.667. The zero-order chi connectivity index (χ0) is 13.7. The molecule has 1 fully saturated rings. The Balaban J connectivity index is 2.19. The van der Waals surface area contributed by atoms with E-state index in [1.54, 1.807) is 0 Å². The average Bonchev–Trinajstić information content (AvgIpc) is 2.47. The molecular formula is C15H23ClN2O. The van der Waals surface area contributed by atoms with E-state index in [1.807, 2.05) is 0 Å². The summed E-state index contributed by atoms with van der Waals surface area (Å²) in [6.45, 7) is 6.98. The first-order valence-electron chi connectivity index (χ1n) is 7.19. The minimum atomic E-state index is 0.324. The highest BCUT2D eigenvalue weighted by atomic mass is 35.5. The topological polar surface area (TPSA) is 25.4 Å². The van der Waals surface area contributed by atoms with Gasteiger partial charge in [0, 0.05) is 24.7 Å². The standard InChI is InChI=1S/C15H23ClN2O/c1-3-5-13-8-12(10-16)9-15(17-13)18-6-7-19-14(4-2)11-18/h8-9,14H,3-7,10-11H2,1-2H3. The fourth-order valence-corrected chi connectivity index (χ4v) is 2.59. The second-order valence-corrected chi connectivity index (χ2v) is 5.32. The molecule has 0 N–H and O–H groups in total. The minimum Gasteiger partial charge on any atom is -0.375 e. The Bertz CT molecular complexity index is 411. The number of ether oxygens (including phenoxy) is 1. The van der Waals surface area contributed by atoms with Crippen LogP contribution in [0.4, 0.5) is 5.82 Å². The van der Waals surface area contributed by atoms with Gasteiger partial charge < -0.3 is 9.64 Å². The van der Waals surface area contributed by atoms with Gasteiger partial charge in [0.15, 0.2) is 0 Å². The van der Waals surface area contributed by atoms with Crippen LogP contribution in [0, 0.1) is 0 Å². The zero-order valence-corrected chi connectivity index (χ0v) is 12.6. The third-order valence-corrected chi connectivity index (χ3v) is 3.81. The molecular weight excluding hydrogens is 260 g/mol. The van der Waals surface area contributed by atoms with E-state index in [9.17, 15) is 0 Å². The van der Waals surface area contributed by atoms with E-state index in [0.29, 0.717) is 12.0 Å². The lowest BCUT2D eigenvalue weighted by atomic mass is 10.1. The Labute approximate surface area is 120 Å². The number of halogens is 1. The molecule has 0 aromatic carbocycles. The number of alkyl halides is 1. The molecule has 106 valence electrons. The molecule has 1 aliphatic rings. The molecule has 0 amide bonds. The molecule has 0 aliphatic carbocycles. The van der Waals surface area contributed by atoms with Crippen LogP contribution in [0.25, 0.3) is 0 Å². The molecule has 1 aromatic heterocycles. The van der Waals surface area contributed by atoms with Gasteiger partial charge in [0.2, 0.25) is 0 Å². The van der Waals surface area contributed by atoms with Gasteiger partial charge >= 0.3 is 0 Å². The Morgan fingerprint density at radius 1 is 1.42 bits per heavy atom. The van der Waals surface area contributed by atoms with Gasteiger partial charge in [0.25, 0.3) is 0 Å². The fourth-order valence-electron chi connectivity index (χ4n) is 2.43. The van der Waals surface area contributed by atoms with E-state index in [-0.39, 0.29) is 0 Å². The van der Waals surface area contributed by atoms with Gasteiger partial charge in [0.1, 0.15) is 5.82 Å². The number of aromatic nitrogens is 1. The predicted octanol–water partition coefficient (Wildman–Crippen LogP) is 3.39. The summed E-state index contributed by atoms with van der Waals surface area (Å²) in [5.74, 6) is 1.61. The second-order valence-electron chi connectivity index (χ2n) is 5.06. The van der Waals surface area contributed by atoms with Crippen LogP contribution in [-0.4, -0.2) is 30.8 Å². The van der Waals surface area contributed by atoms with Gasteiger partial charge in [-0.2, -0.15) is 0 Å². The van der Waals surface area contributed by atoms with Crippen LogP contribution in [0.5, 0.6) is 0 Å². The first kappa shape index (κ1) is 14.6. The SMILES string of the molecule is CCCc1cc(CCl)cc(N2CCOC(CC)C2)n1. The summed E-state index contributed by atoms with van der Waals surface area (Å²) in [5, 5.41) is 0. The maximum absolute atomic E-state index is 5.99. The number of pyridine rings is 1. The summed E-state index contributed by atoms with van der Waals surface area (Å²) in [6, 6.07) is 4.24. The average molecular weight is 283 g/mol. The molecule has 2 rings (SSSR count). The van der Waals surface area contributed by atoms with E-state index < -0.39 is 0 Å². The number of rotatable bonds is 5. The highest BCUT2D eigenvalue weighted by molar-refractivity contribution is 6.17. The summed E-state index contributed by atoms with van der Waals surface area (Å²) in [5.41, 5.74) is 2.31. The van der Waals surface area contributed by atoms with Gasteiger partial charge in [-0.3, -0.25) is 0 Å². The van der Waals surface area contributed by atoms with Crippen molar-refractivity contribution in [3.63, 3.8) is 0 Å². The summed E-state index contributed by atoms with van der Waals surface area (Å²) >= 11 is 5.99. The number of anilines is 1. The molecule has 3 nitrogen and oxygen atoms in total. The zero-order valence-electron chi connectivity index (χ0n) is 11.9. The van der Waals surface area contributed by atoms with Crippen molar-refractivity contribution < 1.29 is 4.74 Å². The largest absolute Gasteiger partial charge is 0.375 e. The number of hydrogen-bond donors (Lipinski definition) is 0. The molecule has 0 spiro atoms. The Kier molecular flexibility index (Phi) is 5.46. The van der Waals surface area contributed by atoms with Crippen molar-refractivity contribution in [3.8, 4) is 0 Å². The summed E-state index contributed by atoms with van der Waals surface area (Å²) in [6.07, 6.45) is 3.50. The first-order valence-corrected chi connectivity index (χ1v) is 7.72. The van der Waals surface area contributed by atoms with Crippen LogP contribution in [0.3, 0.4) is 0 Å². The maximum Gasteiger partial charge on any atom is 0.129 e. The summed E-state index contributed by atoms with van der Waals surface area (Å²) in [4.78, 5) is 7.10. The van der Waals surface area contributed by atoms with Gasteiger partial charge in [-0.05, 0) is 30.5 Å². The number of aryl methyl sites for hydroxylation is 1. The van der Waals surface area contributed by atoms with E-state index in [2.05, 4.69) is 30.9 Å². The Hall–Kier alpha value is -0.800. The molecule has 1 unspecified atom stereocenters. The quantitative estimate of drug-likeness (QED) is 0.774. The third kappa shape index (κ3) is 3.83. The van der Waals surface area contributed by atoms with Crippen LogP contribution in [-0.2, 0) is 17.0 Å². The molecule has 4 heteroatoms. The van der Waals surface area contributed by atoms with E-state index >= 15 is 0 Å². The van der Waals surface area contributed by atoms with E-state index in [4.69, 9.17) is 21.3 Å². The molecule has 1 aliphatic heterocycles. The summed E-state index contributed by atoms with van der Waals surface area (Å²) < 4.78 is 5.72. The first-order chi connectivity index (χ1) is 9.26. The van der Waals surface area contributed by atoms with Crippen LogP contribution in [0.1, 0.15) is 37.9 Å². The molecule has 2 heterocycles. The second kappa shape index (κ2) is 7.11. The van der Waals surface area contributed by atoms with Crippen molar-refractivity contribution in [2.45, 2.75) is 45.1 Å². The molecule has 0 saturated carbocycles. The van der Waals surface area contributed by atoms with Crippen molar-refractivity contribution in [1.82, 2.24) is 4.98 Å². The molecule has 0 bridgehead atoms. The van der Waals surface area contributed by atoms with E-state index in [1.165, 1.54) is 0 Å². The molecule has 0 radical (unpaired) electrons. The lowest BCUT2D eigenvalue weighted by Crippen LogP contribution is -2.42. The van der Waals surface area contributed by atoms with Crippen molar-refractivity contribution in [2.24, 2.45) is 0 Å². The maximum atomic E-state index is 5.99. The lowest BCUT2D eigenvalue weighted by molar-refractivity contribution is 0.0381. The molecule has 1 aromatic rings. The minimum absolute atomic E-state index is 0.324. The molecule has 1 atom stereocenters.